The highest BCUT2D eigenvalue weighted by atomic mass is 16.1. The number of Topliss-reactive ketones (excluding diaryl/α,β-unsaturated/α-hetero) is 2. The molecule has 0 aromatic carbocycles. The number of pyridine rings is 1. The van der Waals surface area contributed by atoms with Crippen molar-refractivity contribution in [3.63, 3.8) is 0 Å². The van der Waals surface area contributed by atoms with Crippen molar-refractivity contribution in [2.24, 2.45) is 7.05 Å². The van der Waals surface area contributed by atoms with E-state index >= 15 is 0 Å². The fourth-order valence-corrected chi connectivity index (χ4v) is 2.05. The second kappa shape index (κ2) is 5.14. The van der Waals surface area contributed by atoms with E-state index in [1.54, 1.807) is 30.8 Å². The lowest BCUT2D eigenvalue weighted by Crippen LogP contribution is -2.10. The molecule has 0 unspecified atom stereocenters. The van der Waals surface area contributed by atoms with E-state index < -0.39 is 0 Å². The first-order chi connectivity index (χ1) is 9.00. The molecule has 0 fully saturated rings. The summed E-state index contributed by atoms with van der Waals surface area (Å²) in [5.74, 6) is -0.389. The average molecular weight is 257 g/mol. The SMILES string of the molecule is Cc1nn(C)c(C)c1C(=O)CC(=O)c1ccncc1. The molecule has 5 nitrogen and oxygen atoms in total. The van der Waals surface area contributed by atoms with Gasteiger partial charge in [0.05, 0.1) is 17.7 Å². The van der Waals surface area contributed by atoms with E-state index in [1.165, 1.54) is 12.4 Å². The van der Waals surface area contributed by atoms with E-state index in [2.05, 4.69) is 10.1 Å². The van der Waals surface area contributed by atoms with E-state index in [0.29, 0.717) is 16.8 Å². The predicted octanol–water partition coefficient (Wildman–Crippen LogP) is 1.89. The molecule has 0 radical (unpaired) electrons. The van der Waals surface area contributed by atoms with Crippen LogP contribution in [0.1, 0.15) is 38.5 Å². The average Bonchev–Trinajstić information content (AvgIpc) is 2.64. The molecule has 5 heteroatoms. The van der Waals surface area contributed by atoms with Crippen LogP contribution in [0.3, 0.4) is 0 Å². The maximum absolute atomic E-state index is 12.2. The van der Waals surface area contributed by atoms with E-state index in [4.69, 9.17) is 0 Å². The fourth-order valence-electron chi connectivity index (χ4n) is 2.05. The number of hydrogen-bond donors (Lipinski definition) is 0. The van der Waals surface area contributed by atoms with Crippen LogP contribution in [0.5, 0.6) is 0 Å². The molecule has 0 aliphatic rings. The maximum atomic E-state index is 12.2. The van der Waals surface area contributed by atoms with Gasteiger partial charge in [-0.2, -0.15) is 5.10 Å². The zero-order valence-electron chi connectivity index (χ0n) is 11.2. The van der Waals surface area contributed by atoms with Crippen LogP contribution in [0.4, 0.5) is 0 Å². The Bertz CT molecular complexity index is 630. The zero-order valence-corrected chi connectivity index (χ0v) is 11.2. The Morgan fingerprint density at radius 3 is 2.32 bits per heavy atom. The molecule has 0 N–H and O–H groups in total. The molecule has 0 aliphatic carbocycles. The standard InChI is InChI=1S/C14H15N3O2/c1-9-14(10(2)17(3)16-9)13(19)8-12(18)11-4-6-15-7-5-11/h4-7H,8H2,1-3H3. The lowest BCUT2D eigenvalue weighted by molar-refractivity contribution is 0.0893. The molecule has 2 heterocycles. The van der Waals surface area contributed by atoms with Crippen LogP contribution in [0.15, 0.2) is 24.5 Å². The van der Waals surface area contributed by atoms with Crippen molar-refractivity contribution >= 4 is 11.6 Å². The summed E-state index contributed by atoms with van der Waals surface area (Å²) in [5.41, 5.74) is 2.49. The smallest absolute Gasteiger partial charge is 0.174 e. The normalized spacial score (nSPS) is 10.5. The third kappa shape index (κ3) is 2.59. The van der Waals surface area contributed by atoms with Crippen LogP contribution < -0.4 is 0 Å². The first-order valence-electron chi connectivity index (χ1n) is 5.97. The van der Waals surface area contributed by atoms with Gasteiger partial charge < -0.3 is 0 Å². The number of nitrogens with zero attached hydrogens (tertiary/aromatic N) is 3. The van der Waals surface area contributed by atoms with Crippen LogP contribution >= 0.6 is 0 Å². The van der Waals surface area contributed by atoms with Gasteiger partial charge in [-0.15, -0.1) is 0 Å². The molecule has 0 atom stereocenters. The van der Waals surface area contributed by atoms with E-state index in [-0.39, 0.29) is 18.0 Å². The van der Waals surface area contributed by atoms with Gasteiger partial charge in [-0.3, -0.25) is 19.3 Å². The summed E-state index contributed by atoms with van der Waals surface area (Å²) >= 11 is 0. The quantitative estimate of drug-likeness (QED) is 0.619. The van der Waals surface area contributed by atoms with Gasteiger partial charge in [-0.25, -0.2) is 0 Å². The van der Waals surface area contributed by atoms with E-state index in [1.807, 2.05) is 6.92 Å². The largest absolute Gasteiger partial charge is 0.294 e. The number of aromatic nitrogens is 3. The number of ketones is 2. The first-order valence-corrected chi connectivity index (χ1v) is 5.97. The lowest BCUT2D eigenvalue weighted by atomic mass is 10.0. The summed E-state index contributed by atoms with van der Waals surface area (Å²) in [6.45, 7) is 3.60. The van der Waals surface area contributed by atoms with Crippen molar-refractivity contribution in [3.05, 3.63) is 47.0 Å². The highest BCUT2D eigenvalue weighted by Gasteiger charge is 2.20. The van der Waals surface area contributed by atoms with Gasteiger partial charge in [0.2, 0.25) is 0 Å². The number of carbonyl (C=O) groups excluding carboxylic acids is 2. The molecule has 19 heavy (non-hydrogen) atoms. The Labute approximate surface area is 111 Å². The van der Waals surface area contributed by atoms with Gasteiger partial charge in [0, 0.05) is 30.7 Å². The van der Waals surface area contributed by atoms with E-state index in [0.717, 1.165) is 5.69 Å². The Kier molecular flexibility index (Phi) is 3.55. The Morgan fingerprint density at radius 1 is 1.16 bits per heavy atom. The zero-order chi connectivity index (χ0) is 14.0. The van der Waals surface area contributed by atoms with Crippen molar-refractivity contribution in [3.8, 4) is 0 Å². The van der Waals surface area contributed by atoms with Crippen molar-refractivity contribution in [1.29, 1.82) is 0 Å². The summed E-state index contributed by atoms with van der Waals surface area (Å²) < 4.78 is 1.65. The summed E-state index contributed by atoms with van der Waals surface area (Å²) in [7, 11) is 1.78. The molecular formula is C14H15N3O2. The van der Waals surface area contributed by atoms with Crippen molar-refractivity contribution in [1.82, 2.24) is 14.8 Å². The molecule has 0 bridgehead atoms. The summed E-state index contributed by atoms with van der Waals surface area (Å²) in [4.78, 5) is 28.0. The number of aryl methyl sites for hydroxylation is 2. The first kappa shape index (κ1) is 13.1. The molecule has 2 aromatic rings. The van der Waals surface area contributed by atoms with Crippen LogP contribution in [0, 0.1) is 13.8 Å². The molecule has 0 saturated heterocycles. The van der Waals surface area contributed by atoms with Crippen LogP contribution in [-0.2, 0) is 7.05 Å². The minimum absolute atomic E-state index is 0.141. The van der Waals surface area contributed by atoms with Gasteiger partial charge in [-0.05, 0) is 26.0 Å². The third-order valence-corrected chi connectivity index (χ3v) is 3.11. The topological polar surface area (TPSA) is 64.8 Å². The second-order valence-electron chi connectivity index (χ2n) is 4.43. The van der Waals surface area contributed by atoms with Crippen LogP contribution in [-0.4, -0.2) is 26.3 Å². The minimum atomic E-state index is -0.199. The van der Waals surface area contributed by atoms with Crippen LogP contribution in [0.2, 0.25) is 0 Å². The fraction of sp³-hybridized carbons (Fsp3) is 0.286. The number of carbonyl (C=O) groups is 2. The maximum Gasteiger partial charge on any atom is 0.174 e. The summed E-state index contributed by atoms with van der Waals surface area (Å²) in [6.07, 6.45) is 2.94. The molecule has 98 valence electrons. The van der Waals surface area contributed by atoms with E-state index in [9.17, 15) is 9.59 Å². The van der Waals surface area contributed by atoms with Crippen LogP contribution in [0.25, 0.3) is 0 Å². The molecule has 2 aromatic heterocycles. The molecule has 0 spiro atoms. The van der Waals surface area contributed by atoms with Crippen molar-refractivity contribution < 1.29 is 9.59 Å². The number of rotatable bonds is 4. The molecule has 0 amide bonds. The van der Waals surface area contributed by atoms with Crippen molar-refractivity contribution in [2.75, 3.05) is 0 Å². The molecule has 0 saturated carbocycles. The molecular weight excluding hydrogens is 242 g/mol. The minimum Gasteiger partial charge on any atom is -0.294 e. The van der Waals surface area contributed by atoms with Gasteiger partial charge in [-0.1, -0.05) is 0 Å². The molecule has 2 rings (SSSR count). The molecule has 0 aliphatic heterocycles. The van der Waals surface area contributed by atoms with Gasteiger partial charge in [0.1, 0.15) is 0 Å². The third-order valence-electron chi connectivity index (χ3n) is 3.11. The van der Waals surface area contributed by atoms with Gasteiger partial charge in [0.15, 0.2) is 11.6 Å². The highest BCUT2D eigenvalue weighted by Crippen LogP contribution is 2.15. The summed E-state index contributed by atoms with van der Waals surface area (Å²) in [6, 6.07) is 3.22. The Balaban J connectivity index is 2.20. The monoisotopic (exact) mass is 257 g/mol. The predicted molar refractivity (Wildman–Crippen MR) is 70.2 cm³/mol. The highest BCUT2D eigenvalue weighted by molar-refractivity contribution is 6.14. The second-order valence-corrected chi connectivity index (χ2v) is 4.43. The van der Waals surface area contributed by atoms with Gasteiger partial charge >= 0.3 is 0 Å². The van der Waals surface area contributed by atoms with Gasteiger partial charge in [0.25, 0.3) is 0 Å². The number of hydrogen-bond acceptors (Lipinski definition) is 4. The lowest BCUT2D eigenvalue weighted by Gasteiger charge is -2.01. The van der Waals surface area contributed by atoms with Crippen molar-refractivity contribution in [2.45, 2.75) is 20.3 Å². The summed E-state index contributed by atoms with van der Waals surface area (Å²) in [5, 5.41) is 4.19. The Morgan fingerprint density at radius 2 is 1.79 bits per heavy atom. The Hall–Kier alpha value is -2.30.